The molecule has 0 saturated carbocycles. The number of halogens is 1. The minimum absolute atomic E-state index is 0.161. The van der Waals surface area contributed by atoms with E-state index in [-0.39, 0.29) is 11.4 Å². The zero-order chi connectivity index (χ0) is 17.0. The Kier molecular flexibility index (Phi) is 5.51. The molecule has 23 heavy (non-hydrogen) atoms. The van der Waals surface area contributed by atoms with Crippen LogP contribution in [0.5, 0.6) is 11.5 Å². The lowest BCUT2D eigenvalue weighted by Crippen LogP contribution is -2.54. The third-order valence-electron chi connectivity index (χ3n) is 3.56. The number of ether oxygens (including phenoxy) is 2. The highest BCUT2D eigenvalue weighted by atomic mass is 35.5. The van der Waals surface area contributed by atoms with Gasteiger partial charge < -0.3 is 15.2 Å². The van der Waals surface area contributed by atoms with Gasteiger partial charge in [0.15, 0.2) is 9.84 Å². The molecule has 0 saturated heterocycles. The fraction of sp³-hybridized carbons (Fsp3) is 0.250. The molecule has 2 aromatic rings. The smallest absolute Gasteiger partial charge is 0.191 e. The highest BCUT2D eigenvalue weighted by Crippen LogP contribution is 2.36. The van der Waals surface area contributed by atoms with Crippen LogP contribution in [-0.4, -0.2) is 29.2 Å². The van der Waals surface area contributed by atoms with E-state index in [0.29, 0.717) is 22.1 Å². The van der Waals surface area contributed by atoms with Gasteiger partial charge in [-0.1, -0.05) is 11.6 Å². The second kappa shape index (κ2) is 7.21. The first-order valence-corrected chi connectivity index (χ1v) is 8.87. The number of methoxy groups -OCH3 is 2. The molecule has 0 spiro atoms. The van der Waals surface area contributed by atoms with Crippen molar-refractivity contribution in [2.45, 2.75) is 10.1 Å². The molecular formula is C16H19ClNO4S+. The van der Waals surface area contributed by atoms with Gasteiger partial charge in [-0.05, 0) is 42.5 Å². The van der Waals surface area contributed by atoms with Gasteiger partial charge in [0.25, 0.3) is 0 Å². The maximum atomic E-state index is 13.0. The second-order valence-corrected chi connectivity index (χ2v) is 7.45. The first-order chi connectivity index (χ1) is 10.9. The predicted octanol–water partition coefficient (Wildman–Crippen LogP) is 2.11. The molecule has 0 unspecified atom stereocenters. The molecule has 0 aliphatic rings. The Bertz CT molecular complexity index is 775. The van der Waals surface area contributed by atoms with Crippen LogP contribution in [0.15, 0.2) is 47.4 Å². The third-order valence-corrected chi connectivity index (χ3v) is 5.98. The maximum absolute atomic E-state index is 13.0. The van der Waals surface area contributed by atoms with E-state index in [4.69, 9.17) is 21.1 Å². The van der Waals surface area contributed by atoms with Crippen LogP contribution in [0.25, 0.3) is 0 Å². The minimum atomic E-state index is -3.64. The summed E-state index contributed by atoms with van der Waals surface area (Å²) in [6, 6.07) is 11.2. The van der Waals surface area contributed by atoms with Gasteiger partial charge >= 0.3 is 0 Å². The normalized spacial score (nSPS) is 12.7. The molecule has 2 aromatic carbocycles. The summed E-state index contributed by atoms with van der Waals surface area (Å²) < 4.78 is 36.4. The molecule has 0 heterocycles. The lowest BCUT2D eigenvalue weighted by molar-refractivity contribution is -0.367. The van der Waals surface area contributed by atoms with E-state index in [0.717, 1.165) is 0 Å². The quantitative estimate of drug-likeness (QED) is 0.859. The first kappa shape index (κ1) is 17.6. The van der Waals surface area contributed by atoms with E-state index in [1.165, 1.54) is 26.4 Å². The van der Waals surface area contributed by atoms with Crippen molar-refractivity contribution in [2.75, 3.05) is 20.8 Å². The zero-order valence-corrected chi connectivity index (χ0v) is 14.5. The highest BCUT2D eigenvalue weighted by molar-refractivity contribution is 7.91. The van der Waals surface area contributed by atoms with Crippen molar-refractivity contribution in [3.63, 3.8) is 0 Å². The van der Waals surface area contributed by atoms with Gasteiger partial charge in [0.2, 0.25) is 0 Å². The Morgan fingerprint density at radius 1 is 1.09 bits per heavy atom. The molecule has 1 atom stereocenters. The van der Waals surface area contributed by atoms with Crippen molar-refractivity contribution >= 4 is 21.4 Å². The summed E-state index contributed by atoms with van der Waals surface area (Å²) in [7, 11) is -0.609. The number of hydrogen-bond acceptors (Lipinski definition) is 4. The topological polar surface area (TPSA) is 80.2 Å². The molecular weight excluding hydrogens is 338 g/mol. The van der Waals surface area contributed by atoms with E-state index in [1.807, 2.05) is 0 Å². The van der Waals surface area contributed by atoms with E-state index < -0.39 is 15.1 Å². The largest absolute Gasteiger partial charge is 0.497 e. The van der Waals surface area contributed by atoms with Crippen molar-refractivity contribution in [1.29, 1.82) is 0 Å². The average molecular weight is 357 g/mol. The second-order valence-electron chi connectivity index (χ2n) is 4.88. The van der Waals surface area contributed by atoms with Gasteiger partial charge in [-0.25, -0.2) is 8.42 Å². The molecule has 0 bridgehead atoms. The van der Waals surface area contributed by atoms with Crippen LogP contribution in [0.1, 0.15) is 10.8 Å². The zero-order valence-electron chi connectivity index (χ0n) is 13.0. The molecule has 0 aliphatic heterocycles. The van der Waals surface area contributed by atoms with Crippen molar-refractivity contribution in [2.24, 2.45) is 0 Å². The molecule has 124 valence electrons. The van der Waals surface area contributed by atoms with Gasteiger partial charge in [0, 0.05) is 10.6 Å². The fourth-order valence-electron chi connectivity index (χ4n) is 2.36. The first-order valence-electron chi connectivity index (χ1n) is 6.94. The molecule has 5 nitrogen and oxygen atoms in total. The molecule has 0 fully saturated rings. The number of quaternary nitrogens is 1. The van der Waals surface area contributed by atoms with Crippen LogP contribution in [0, 0.1) is 0 Å². The minimum Gasteiger partial charge on any atom is -0.497 e. The predicted molar refractivity (Wildman–Crippen MR) is 88.7 cm³/mol. The molecule has 0 aliphatic carbocycles. The summed E-state index contributed by atoms with van der Waals surface area (Å²) in [4.78, 5) is 0.195. The van der Waals surface area contributed by atoms with Crippen molar-refractivity contribution in [1.82, 2.24) is 0 Å². The van der Waals surface area contributed by atoms with E-state index in [9.17, 15) is 8.42 Å². The summed E-state index contributed by atoms with van der Waals surface area (Å²) >= 11 is 5.84. The van der Waals surface area contributed by atoms with Crippen molar-refractivity contribution in [3.05, 3.63) is 53.1 Å². The van der Waals surface area contributed by atoms with Crippen LogP contribution < -0.4 is 15.2 Å². The van der Waals surface area contributed by atoms with E-state index in [1.54, 1.807) is 30.3 Å². The number of rotatable bonds is 6. The Morgan fingerprint density at radius 2 is 1.74 bits per heavy atom. The lowest BCUT2D eigenvalue weighted by atomic mass is 10.1. The Balaban J connectivity index is 2.56. The van der Waals surface area contributed by atoms with Crippen LogP contribution >= 0.6 is 11.6 Å². The molecule has 0 aromatic heterocycles. The van der Waals surface area contributed by atoms with E-state index in [2.05, 4.69) is 5.73 Å². The summed E-state index contributed by atoms with van der Waals surface area (Å²) in [5.74, 6) is 1.04. The van der Waals surface area contributed by atoms with Crippen LogP contribution in [0.4, 0.5) is 0 Å². The molecule has 3 N–H and O–H groups in total. The molecule has 0 radical (unpaired) electrons. The molecule has 0 amide bonds. The number of sulfone groups is 1. The molecule has 7 heteroatoms. The van der Waals surface area contributed by atoms with Crippen LogP contribution in [-0.2, 0) is 9.84 Å². The number of benzene rings is 2. The summed E-state index contributed by atoms with van der Waals surface area (Å²) in [6.07, 6.45) is 0. The maximum Gasteiger partial charge on any atom is 0.191 e. The fourth-order valence-corrected chi connectivity index (χ4v) is 4.16. The van der Waals surface area contributed by atoms with Crippen LogP contribution in [0.3, 0.4) is 0 Å². The van der Waals surface area contributed by atoms with Gasteiger partial charge in [-0.3, -0.25) is 0 Å². The van der Waals surface area contributed by atoms with Gasteiger partial charge in [-0.15, -0.1) is 0 Å². The monoisotopic (exact) mass is 356 g/mol. The third kappa shape index (κ3) is 3.60. The average Bonchev–Trinajstić information content (AvgIpc) is 2.55. The molecule has 2 rings (SSSR count). The van der Waals surface area contributed by atoms with Gasteiger partial charge in [0.05, 0.1) is 25.7 Å². The van der Waals surface area contributed by atoms with E-state index >= 15 is 0 Å². The van der Waals surface area contributed by atoms with Gasteiger partial charge in [0.1, 0.15) is 16.7 Å². The Hall–Kier alpha value is -1.76. The summed E-state index contributed by atoms with van der Waals surface area (Å²) in [6.45, 7) is 0.161. The van der Waals surface area contributed by atoms with Crippen molar-refractivity contribution < 1.29 is 23.6 Å². The highest BCUT2D eigenvalue weighted by Gasteiger charge is 2.32. The lowest BCUT2D eigenvalue weighted by Gasteiger charge is -2.18. The Labute approximate surface area is 140 Å². The van der Waals surface area contributed by atoms with Gasteiger partial charge in [-0.2, -0.15) is 0 Å². The Morgan fingerprint density at radius 3 is 2.26 bits per heavy atom. The summed E-state index contributed by atoms with van der Waals surface area (Å²) in [5.41, 5.74) is 4.33. The SMILES string of the molecule is COc1ccc(OC)c([C@H](C[NH3+])S(=O)(=O)c2ccc(Cl)cc2)c1. The van der Waals surface area contributed by atoms with Crippen molar-refractivity contribution in [3.8, 4) is 11.5 Å². The van der Waals surface area contributed by atoms with Crippen LogP contribution in [0.2, 0.25) is 5.02 Å². The summed E-state index contributed by atoms with van der Waals surface area (Å²) in [5, 5.41) is -0.359. The standard InChI is InChI=1S/C16H18ClNO4S/c1-21-12-5-8-15(22-2)14(9-12)16(10-18)23(19,20)13-6-3-11(17)4-7-13/h3-9,16H,10,18H2,1-2H3/p+1/t16-/m0/s1. The number of hydrogen-bond donors (Lipinski definition) is 1.